The van der Waals surface area contributed by atoms with Crippen molar-refractivity contribution in [3.8, 4) is 10.4 Å². The smallest absolute Gasteiger partial charge is 0.310 e. The predicted molar refractivity (Wildman–Crippen MR) is 100 cm³/mol. The largest absolute Gasteiger partial charge is 0.466 e. The zero-order valence-corrected chi connectivity index (χ0v) is 15.6. The fourth-order valence-electron chi connectivity index (χ4n) is 2.99. The summed E-state index contributed by atoms with van der Waals surface area (Å²) in [5.41, 5.74) is 1.04. The molecule has 2 heterocycles. The van der Waals surface area contributed by atoms with Crippen LogP contribution in [-0.4, -0.2) is 36.5 Å². The van der Waals surface area contributed by atoms with Gasteiger partial charge in [0.15, 0.2) is 0 Å². The molecular formula is C19H20ClNO3S. The zero-order valence-electron chi connectivity index (χ0n) is 14.0. The first-order valence-electron chi connectivity index (χ1n) is 8.40. The Morgan fingerprint density at radius 1 is 1.24 bits per heavy atom. The highest BCUT2D eigenvalue weighted by molar-refractivity contribution is 7.17. The molecule has 2 aromatic rings. The number of amides is 1. The van der Waals surface area contributed by atoms with Crippen molar-refractivity contribution in [2.24, 2.45) is 5.92 Å². The van der Waals surface area contributed by atoms with E-state index in [1.54, 1.807) is 11.8 Å². The molecule has 3 rings (SSSR count). The van der Waals surface area contributed by atoms with E-state index in [0.29, 0.717) is 29.6 Å². The third-order valence-corrected chi connectivity index (χ3v) is 5.65. The number of halogens is 1. The normalized spacial score (nSPS) is 17.4. The molecule has 0 unspecified atom stereocenters. The minimum atomic E-state index is -0.214. The van der Waals surface area contributed by atoms with Crippen LogP contribution in [-0.2, 0) is 9.53 Å². The Morgan fingerprint density at radius 2 is 2.00 bits per heavy atom. The van der Waals surface area contributed by atoms with Crippen molar-refractivity contribution in [2.45, 2.75) is 19.8 Å². The summed E-state index contributed by atoms with van der Waals surface area (Å²) in [6.45, 7) is 3.29. The molecule has 0 spiro atoms. The second kappa shape index (κ2) is 8.02. The van der Waals surface area contributed by atoms with Gasteiger partial charge < -0.3 is 9.64 Å². The lowest BCUT2D eigenvalue weighted by Crippen LogP contribution is -2.42. The number of benzene rings is 1. The number of esters is 1. The van der Waals surface area contributed by atoms with Gasteiger partial charge in [0, 0.05) is 23.0 Å². The SMILES string of the molecule is CCOC(=O)[C@H]1CCCN(C(=O)c2ccc(-c3ccc(Cl)cc3)s2)C1. The van der Waals surface area contributed by atoms with Crippen molar-refractivity contribution in [3.63, 3.8) is 0 Å². The van der Waals surface area contributed by atoms with Crippen LogP contribution in [0.1, 0.15) is 29.4 Å². The number of thiophene rings is 1. The summed E-state index contributed by atoms with van der Waals surface area (Å²) >= 11 is 7.39. The molecule has 1 aromatic heterocycles. The Labute approximate surface area is 156 Å². The van der Waals surface area contributed by atoms with Crippen molar-refractivity contribution in [3.05, 3.63) is 46.3 Å². The van der Waals surface area contributed by atoms with E-state index >= 15 is 0 Å². The topological polar surface area (TPSA) is 46.6 Å². The summed E-state index contributed by atoms with van der Waals surface area (Å²) in [5, 5.41) is 0.690. The maximum absolute atomic E-state index is 12.8. The maximum Gasteiger partial charge on any atom is 0.310 e. The van der Waals surface area contributed by atoms with Gasteiger partial charge in [0.25, 0.3) is 5.91 Å². The van der Waals surface area contributed by atoms with Crippen LogP contribution in [0, 0.1) is 5.92 Å². The lowest BCUT2D eigenvalue weighted by atomic mass is 9.98. The van der Waals surface area contributed by atoms with Crippen molar-refractivity contribution < 1.29 is 14.3 Å². The molecule has 0 bridgehead atoms. The molecule has 132 valence electrons. The Kier molecular flexibility index (Phi) is 5.76. The fourth-order valence-corrected chi connectivity index (χ4v) is 4.10. The van der Waals surface area contributed by atoms with E-state index in [-0.39, 0.29) is 17.8 Å². The van der Waals surface area contributed by atoms with Gasteiger partial charge in [0.2, 0.25) is 0 Å². The van der Waals surface area contributed by atoms with Gasteiger partial charge in [0.1, 0.15) is 0 Å². The number of hydrogen-bond donors (Lipinski definition) is 0. The first-order valence-corrected chi connectivity index (χ1v) is 9.59. The van der Waals surface area contributed by atoms with Crippen LogP contribution in [0.4, 0.5) is 0 Å². The minimum absolute atomic E-state index is 0.0146. The third-order valence-electron chi connectivity index (χ3n) is 4.27. The Hall–Kier alpha value is -1.85. The highest BCUT2D eigenvalue weighted by Crippen LogP contribution is 2.30. The quantitative estimate of drug-likeness (QED) is 0.738. The van der Waals surface area contributed by atoms with Gasteiger partial charge >= 0.3 is 5.97 Å². The van der Waals surface area contributed by atoms with E-state index < -0.39 is 0 Å². The molecule has 0 saturated carbocycles. The predicted octanol–water partition coefficient (Wildman–Crippen LogP) is 4.48. The summed E-state index contributed by atoms with van der Waals surface area (Å²) < 4.78 is 5.10. The van der Waals surface area contributed by atoms with Crippen molar-refractivity contribution in [1.29, 1.82) is 0 Å². The van der Waals surface area contributed by atoms with E-state index in [1.807, 2.05) is 36.4 Å². The Morgan fingerprint density at radius 3 is 2.72 bits per heavy atom. The minimum Gasteiger partial charge on any atom is -0.466 e. The Bertz CT molecular complexity index is 756. The summed E-state index contributed by atoms with van der Waals surface area (Å²) in [4.78, 5) is 28.2. The molecule has 0 aliphatic carbocycles. The second-order valence-corrected chi connectivity index (χ2v) is 7.53. The number of carbonyl (C=O) groups is 2. The number of piperidine rings is 1. The van der Waals surface area contributed by atoms with Crippen LogP contribution in [0.25, 0.3) is 10.4 Å². The van der Waals surface area contributed by atoms with E-state index in [4.69, 9.17) is 16.3 Å². The maximum atomic E-state index is 12.8. The van der Waals surface area contributed by atoms with Crippen molar-refractivity contribution in [1.82, 2.24) is 4.90 Å². The van der Waals surface area contributed by atoms with Gasteiger partial charge in [-0.05, 0) is 49.6 Å². The third kappa shape index (κ3) is 4.22. The molecule has 1 amide bonds. The van der Waals surface area contributed by atoms with Gasteiger partial charge in [-0.3, -0.25) is 9.59 Å². The highest BCUT2D eigenvalue weighted by Gasteiger charge is 2.30. The van der Waals surface area contributed by atoms with Gasteiger partial charge in [-0.25, -0.2) is 0 Å². The molecule has 0 radical (unpaired) electrons. The Balaban J connectivity index is 1.70. The van der Waals surface area contributed by atoms with E-state index in [0.717, 1.165) is 23.3 Å². The van der Waals surface area contributed by atoms with Crippen molar-refractivity contribution in [2.75, 3.05) is 19.7 Å². The van der Waals surface area contributed by atoms with E-state index in [2.05, 4.69) is 0 Å². The summed E-state index contributed by atoms with van der Waals surface area (Å²) in [5.74, 6) is -0.430. The number of carbonyl (C=O) groups excluding carboxylic acids is 2. The molecule has 1 saturated heterocycles. The lowest BCUT2D eigenvalue weighted by Gasteiger charge is -2.31. The average molecular weight is 378 g/mol. The first kappa shape index (κ1) is 18.0. The van der Waals surface area contributed by atoms with Crippen LogP contribution >= 0.6 is 22.9 Å². The molecule has 4 nitrogen and oxygen atoms in total. The lowest BCUT2D eigenvalue weighted by molar-refractivity contribution is -0.149. The molecule has 1 fully saturated rings. The van der Waals surface area contributed by atoms with Crippen LogP contribution in [0.3, 0.4) is 0 Å². The molecule has 1 atom stereocenters. The fraction of sp³-hybridized carbons (Fsp3) is 0.368. The zero-order chi connectivity index (χ0) is 17.8. The second-order valence-electron chi connectivity index (χ2n) is 6.01. The molecule has 1 aliphatic rings. The van der Waals surface area contributed by atoms with E-state index in [9.17, 15) is 9.59 Å². The summed E-state index contributed by atoms with van der Waals surface area (Å²) in [7, 11) is 0. The van der Waals surface area contributed by atoms with Crippen molar-refractivity contribution >= 4 is 34.8 Å². The van der Waals surface area contributed by atoms with Crippen LogP contribution in [0.2, 0.25) is 5.02 Å². The molecular weight excluding hydrogens is 358 g/mol. The number of likely N-dealkylation sites (tertiary alicyclic amines) is 1. The molecule has 0 N–H and O–H groups in total. The van der Waals surface area contributed by atoms with Gasteiger partial charge in [-0.2, -0.15) is 0 Å². The van der Waals surface area contributed by atoms with E-state index in [1.165, 1.54) is 11.3 Å². The molecule has 1 aromatic carbocycles. The molecule has 6 heteroatoms. The molecule has 25 heavy (non-hydrogen) atoms. The highest BCUT2D eigenvalue weighted by atomic mass is 35.5. The van der Waals surface area contributed by atoms with Gasteiger partial charge in [-0.1, -0.05) is 23.7 Å². The monoisotopic (exact) mass is 377 g/mol. The standard InChI is InChI=1S/C19H20ClNO3S/c1-2-24-19(23)14-4-3-11-21(12-14)18(22)17-10-9-16(25-17)13-5-7-15(20)8-6-13/h5-10,14H,2-4,11-12H2,1H3/t14-/m0/s1. The summed E-state index contributed by atoms with van der Waals surface area (Å²) in [6, 6.07) is 11.4. The van der Waals surface area contributed by atoms with Gasteiger partial charge in [0.05, 0.1) is 17.4 Å². The van der Waals surface area contributed by atoms with Gasteiger partial charge in [-0.15, -0.1) is 11.3 Å². The number of hydrogen-bond acceptors (Lipinski definition) is 4. The molecule has 1 aliphatic heterocycles. The average Bonchev–Trinajstić information content (AvgIpc) is 3.12. The van der Waals surface area contributed by atoms with Crippen LogP contribution < -0.4 is 0 Å². The first-order chi connectivity index (χ1) is 12.1. The number of rotatable bonds is 4. The number of nitrogens with zero attached hydrogens (tertiary/aromatic N) is 1. The number of ether oxygens (including phenoxy) is 1. The summed E-state index contributed by atoms with van der Waals surface area (Å²) in [6.07, 6.45) is 1.60. The van der Waals surface area contributed by atoms with Crippen LogP contribution in [0.5, 0.6) is 0 Å². The van der Waals surface area contributed by atoms with Crippen LogP contribution in [0.15, 0.2) is 36.4 Å².